The maximum atomic E-state index is 12.8. The number of aryl methyl sites for hydroxylation is 2. The fraction of sp³-hybridized carbons (Fsp3) is 0.500. The van der Waals surface area contributed by atoms with Crippen LogP contribution in [0.25, 0.3) is 0 Å². The summed E-state index contributed by atoms with van der Waals surface area (Å²) in [6.07, 6.45) is -0.703. The van der Waals surface area contributed by atoms with Crippen molar-refractivity contribution in [2.24, 2.45) is 0 Å². The van der Waals surface area contributed by atoms with E-state index in [9.17, 15) is 8.42 Å². The predicted octanol–water partition coefficient (Wildman–Crippen LogP) is 1.26. The number of nitrogens with zero attached hydrogens (tertiary/aromatic N) is 2. The molecular formula is C14H19N3O3S. The summed E-state index contributed by atoms with van der Waals surface area (Å²) >= 11 is 0. The Hall–Kier alpha value is -1.62. The van der Waals surface area contributed by atoms with E-state index < -0.39 is 16.1 Å². The molecule has 1 fully saturated rings. The molecule has 1 aliphatic heterocycles. The molecule has 6 nitrogen and oxygen atoms in total. The number of hydrogen-bond donors (Lipinski definition) is 1. The molecule has 2 rings (SSSR count). The molecule has 1 saturated heterocycles. The lowest BCUT2D eigenvalue weighted by Crippen LogP contribution is -2.45. The van der Waals surface area contributed by atoms with E-state index in [0.29, 0.717) is 16.0 Å². The van der Waals surface area contributed by atoms with Gasteiger partial charge >= 0.3 is 0 Å². The Morgan fingerprint density at radius 2 is 2.00 bits per heavy atom. The van der Waals surface area contributed by atoms with Crippen LogP contribution in [0, 0.1) is 25.2 Å². The van der Waals surface area contributed by atoms with Crippen LogP contribution in [0.4, 0.5) is 5.69 Å². The predicted molar refractivity (Wildman–Crippen MR) is 79.6 cm³/mol. The Morgan fingerprint density at radius 1 is 1.38 bits per heavy atom. The SMILES string of the molecule is CNc1cc(C)c(S(=O)(=O)N2CCOC(C#N)C2)c(C)c1. The highest BCUT2D eigenvalue weighted by Crippen LogP contribution is 2.28. The van der Waals surface area contributed by atoms with E-state index in [1.54, 1.807) is 20.9 Å². The lowest BCUT2D eigenvalue weighted by atomic mass is 10.1. The smallest absolute Gasteiger partial charge is 0.243 e. The van der Waals surface area contributed by atoms with Crippen molar-refractivity contribution < 1.29 is 13.2 Å². The molecule has 21 heavy (non-hydrogen) atoms. The van der Waals surface area contributed by atoms with Crippen molar-refractivity contribution in [2.75, 3.05) is 32.1 Å². The quantitative estimate of drug-likeness (QED) is 0.909. The normalized spacial score (nSPS) is 20.0. The van der Waals surface area contributed by atoms with Crippen molar-refractivity contribution in [3.05, 3.63) is 23.3 Å². The molecule has 1 atom stereocenters. The van der Waals surface area contributed by atoms with Gasteiger partial charge in [0.05, 0.1) is 24.1 Å². The second-order valence-electron chi connectivity index (χ2n) is 5.04. The molecule has 1 aliphatic rings. The van der Waals surface area contributed by atoms with Gasteiger partial charge in [-0.1, -0.05) is 0 Å². The summed E-state index contributed by atoms with van der Waals surface area (Å²) in [7, 11) is -1.82. The fourth-order valence-electron chi connectivity index (χ4n) is 2.55. The standard InChI is InChI=1S/C14H19N3O3S/c1-10-6-12(16-3)7-11(2)14(10)21(18,19)17-4-5-20-13(8-15)9-17/h6-7,13,16H,4-5,9H2,1-3H3. The minimum absolute atomic E-state index is 0.0749. The fourth-order valence-corrected chi connectivity index (χ4v) is 4.39. The molecule has 0 spiro atoms. The summed E-state index contributed by atoms with van der Waals surface area (Å²) in [4.78, 5) is 0.320. The molecule has 1 aromatic rings. The highest BCUT2D eigenvalue weighted by atomic mass is 32.2. The van der Waals surface area contributed by atoms with E-state index in [-0.39, 0.29) is 19.7 Å². The van der Waals surface area contributed by atoms with Gasteiger partial charge < -0.3 is 10.1 Å². The van der Waals surface area contributed by atoms with E-state index in [4.69, 9.17) is 10.00 Å². The molecule has 0 aliphatic carbocycles. The van der Waals surface area contributed by atoms with Gasteiger partial charge in [-0.2, -0.15) is 9.57 Å². The zero-order valence-electron chi connectivity index (χ0n) is 12.4. The molecule has 114 valence electrons. The van der Waals surface area contributed by atoms with Gasteiger partial charge in [0.2, 0.25) is 10.0 Å². The molecule has 0 radical (unpaired) electrons. The number of nitrogens with one attached hydrogen (secondary N) is 1. The van der Waals surface area contributed by atoms with Crippen molar-refractivity contribution in [3.8, 4) is 6.07 Å². The number of morpholine rings is 1. The Bertz CT molecular complexity index is 656. The van der Waals surface area contributed by atoms with Crippen molar-refractivity contribution in [1.82, 2.24) is 4.31 Å². The minimum Gasteiger partial charge on any atom is -0.388 e. The van der Waals surface area contributed by atoms with Gasteiger partial charge in [0, 0.05) is 19.3 Å². The molecular weight excluding hydrogens is 290 g/mol. The van der Waals surface area contributed by atoms with Crippen LogP contribution in [0.15, 0.2) is 17.0 Å². The van der Waals surface area contributed by atoms with Crippen molar-refractivity contribution in [3.63, 3.8) is 0 Å². The highest BCUT2D eigenvalue weighted by molar-refractivity contribution is 7.89. The molecule has 0 aromatic heterocycles. The third kappa shape index (κ3) is 3.02. The Morgan fingerprint density at radius 3 is 2.52 bits per heavy atom. The first-order chi connectivity index (χ1) is 9.90. The maximum Gasteiger partial charge on any atom is 0.243 e. The van der Waals surface area contributed by atoms with E-state index in [0.717, 1.165) is 5.69 Å². The van der Waals surface area contributed by atoms with E-state index in [2.05, 4.69) is 5.32 Å². The van der Waals surface area contributed by atoms with E-state index >= 15 is 0 Å². The van der Waals surface area contributed by atoms with Gasteiger partial charge in [0.15, 0.2) is 6.10 Å². The zero-order valence-corrected chi connectivity index (χ0v) is 13.2. The van der Waals surface area contributed by atoms with Crippen LogP contribution < -0.4 is 5.32 Å². The number of ether oxygens (including phenoxy) is 1. The number of nitriles is 1. The summed E-state index contributed by atoms with van der Waals surface area (Å²) in [6, 6.07) is 5.58. The Balaban J connectivity index is 2.43. The summed E-state index contributed by atoms with van der Waals surface area (Å²) < 4.78 is 32.2. The molecule has 1 N–H and O–H groups in total. The molecule has 0 saturated carbocycles. The third-order valence-electron chi connectivity index (χ3n) is 3.52. The number of sulfonamides is 1. The van der Waals surface area contributed by atoms with Crippen molar-refractivity contribution in [2.45, 2.75) is 24.8 Å². The molecule has 1 aromatic carbocycles. The molecule has 0 bridgehead atoms. The van der Waals surface area contributed by atoms with Crippen LogP contribution in [-0.4, -0.2) is 45.6 Å². The topological polar surface area (TPSA) is 82.4 Å². The molecule has 1 unspecified atom stereocenters. The van der Waals surface area contributed by atoms with E-state index in [1.807, 2.05) is 18.2 Å². The summed E-state index contributed by atoms with van der Waals surface area (Å²) in [6.45, 7) is 4.15. The van der Waals surface area contributed by atoms with Crippen LogP contribution in [0.5, 0.6) is 0 Å². The summed E-state index contributed by atoms with van der Waals surface area (Å²) in [5, 5.41) is 11.9. The lowest BCUT2D eigenvalue weighted by molar-refractivity contribution is 0.0311. The zero-order chi connectivity index (χ0) is 15.6. The number of benzene rings is 1. The summed E-state index contributed by atoms with van der Waals surface area (Å²) in [5.41, 5.74) is 2.26. The minimum atomic E-state index is -3.62. The molecule has 1 heterocycles. The van der Waals surface area contributed by atoms with Crippen molar-refractivity contribution >= 4 is 15.7 Å². The molecule has 0 amide bonds. The second kappa shape index (κ2) is 6.02. The van der Waals surface area contributed by atoms with Gasteiger partial charge in [-0.25, -0.2) is 8.42 Å². The first kappa shape index (κ1) is 15.8. The van der Waals surface area contributed by atoms with Crippen LogP contribution in [0.1, 0.15) is 11.1 Å². The van der Waals surface area contributed by atoms with Crippen molar-refractivity contribution in [1.29, 1.82) is 5.26 Å². The largest absolute Gasteiger partial charge is 0.388 e. The number of anilines is 1. The van der Waals surface area contributed by atoms with Crippen LogP contribution in [0.3, 0.4) is 0 Å². The van der Waals surface area contributed by atoms with Gasteiger partial charge in [-0.15, -0.1) is 0 Å². The van der Waals surface area contributed by atoms with Crippen LogP contribution in [0.2, 0.25) is 0 Å². The molecule has 7 heteroatoms. The number of rotatable bonds is 3. The average molecular weight is 309 g/mol. The van der Waals surface area contributed by atoms with E-state index in [1.165, 1.54) is 4.31 Å². The van der Waals surface area contributed by atoms with Crippen LogP contribution in [-0.2, 0) is 14.8 Å². The van der Waals surface area contributed by atoms with Gasteiger partial charge in [0.1, 0.15) is 0 Å². The lowest BCUT2D eigenvalue weighted by Gasteiger charge is -2.30. The summed E-state index contributed by atoms with van der Waals surface area (Å²) in [5.74, 6) is 0. The first-order valence-corrected chi connectivity index (χ1v) is 8.14. The third-order valence-corrected chi connectivity index (χ3v) is 5.69. The van der Waals surface area contributed by atoms with Crippen LogP contribution >= 0.6 is 0 Å². The number of hydrogen-bond acceptors (Lipinski definition) is 5. The average Bonchev–Trinajstić information content (AvgIpc) is 2.46. The Labute approximate surface area is 125 Å². The second-order valence-corrected chi connectivity index (χ2v) is 6.92. The monoisotopic (exact) mass is 309 g/mol. The Kier molecular flexibility index (Phi) is 4.52. The van der Waals surface area contributed by atoms with Gasteiger partial charge in [0.25, 0.3) is 0 Å². The van der Waals surface area contributed by atoms with Gasteiger partial charge in [-0.3, -0.25) is 0 Å². The highest BCUT2D eigenvalue weighted by Gasteiger charge is 2.32. The maximum absolute atomic E-state index is 12.8. The van der Waals surface area contributed by atoms with Gasteiger partial charge in [-0.05, 0) is 37.1 Å². The first-order valence-electron chi connectivity index (χ1n) is 6.70.